The van der Waals surface area contributed by atoms with Crippen LogP contribution >= 0.6 is 0 Å². The van der Waals surface area contributed by atoms with Crippen molar-refractivity contribution in [3.63, 3.8) is 0 Å². The third kappa shape index (κ3) is 12.2. The maximum Gasteiger partial charge on any atom is 0.408 e. The lowest BCUT2D eigenvalue weighted by Crippen LogP contribution is -2.45. The summed E-state index contributed by atoms with van der Waals surface area (Å²) in [6, 6.07) is 7.12. The van der Waals surface area contributed by atoms with Crippen LogP contribution in [0.25, 0.3) is 0 Å². The first-order valence-corrected chi connectivity index (χ1v) is 11.8. The Bertz CT molecular complexity index is 876. The monoisotopic (exact) mass is 503 g/mol. The molecule has 36 heavy (non-hydrogen) atoms. The summed E-state index contributed by atoms with van der Waals surface area (Å²) in [5.41, 5.74) is 0.801. The van der Waals surface area contributed by atoms with Gasteiger partial charge in [-0.3, -0.25) is 9.59 Å². The molecule has 0 aliphatic carbocycles. The molecular weight excluding hydrogens is 466 g/mol. The summed E-state index contributed by atoms with van der Waals surface area (Å²) in [6.45, 7) is 10.2. The maximum atomic E-state index is 12.6. The number of benzene rings is 1. The average Bonchev–Trinajstić information content (AvgIpc) is 2.85. The molecule has 0 saturated carbocycles. The Kier molecular flexibility index (Phi) is 14.2. The molecule has 0 saturated heterocycles. The van der Waals surface area contributed by atoms with Crippen LogP contribution in [-0.2, 0) is 30.5 Å². The van der Waals surface area contributed by atoms with Crippen molar-refractivity contribution >= 4 is 23.9 Å². The van der Waals surface area contributed by atoms with Gasteiger partial charge in [-0.2, -0.15) is 0 Å². The van der Waals surface area contributed by atoms with Gasteiger partial charge in [0.05, 0.1) is 18.6 Å². The van der Waals surface area contributed by atoms with Crippen LogP contribution in [0.5, 0.6) is 0 Å². The minimum atomic E-state index is -1.00. The fourth-order valence-corrected chi connectivity index (χ4v) is 3.09. The molecule has 1 rings (SSSR count). The van der Waals surface area contributed by atoms with Gasteiger partial charge >= 0.3 is 12.1 Å². The molecule has 0 spiro atoms. The molecule has 1 aromatic carbocycles. The van der Waals surface area contributed by atoms with Crippen molar-refractivity contribution in [2.75, 3.05) is 13.2 Å². The minimum Gasteiger partial charge on any atom is -0.462 e. The van der Waals surface area contributed by atoms with E-state index >= 15 is 0 Å². The molecule has 0 aliphatic rings. The van der Waals surface area contributed by atoms with Gasteiger partial charge in [0.15, 0.2) is 0 Å². The fourth-order valence-electron chi connectivity index (χ4n) is 3.09. The molecule has 0 unspecified atom stereocenters. The summed E-state index contributed by atoms with van der Waals surface area (Å²) < 4.78 is 10.4. The number of aliphatic hydroxyl groups excluding tert-OH is 1. The van der Waals surface area contributed by atoms with Crippen molar-refractivity contribution in [2.24, 2.45) is 5.92 Å². The third-order valence-electron chi connectivity index (χ3n) is 4.99. The Morgan fingerprint density at radius 2 is 1.61 bits per heavy atom. The first-order chi connectivity index (χ1) is 17.2. The Hall–Kier alpha value is -3.66. The molecule has 0 bridgehead atoms. The first-order valence-electron chi connectivity index (χ1n) is 11.8. The van der Waals surface area contributed by atoms with Gasteiger partial charge in [0.1, 0.15) is 19.3 Å². The smallest absolute Gasteiger partial charge is 0.408 e. The summed E-state index contributed by atoms with van der Waals surface area (Å²) in [5, 5.41) is 16.8. The Balaban J connectivity index is 2.54. The van der Waals surface area contributed by atoms with Gasteiger partial charge in [0.25, 0.3) is 0 Å². The maximum absolute atomic E-state index is 12.6. The minimum absolute atomic E-state index is 0.0500. The van der Waals surface area contributed by atoms with Crippen LogP contribution in [0.2, 0.25) is 0 Å². The van der Waals surface area contributed by atoms with E-state index in [0.29, 0.717) is 0 Å². The summed E-state index contributed by atoms with van der Waals surface area (Å²) in [5.74, 6) is -2.13. The molecule has 0 aliphatic heterocycles. The fraction of sp³-hybridized carbons (Fsp3) is 0.462. The predicted octanol–water partition coefficient (Wildman–Crippen LogP) is 1.98. The second-order valence-corrected chi connectivity index (χ2v) is 8.40. The first kappa shape index (κ1) is 30.4. The van der Waals surface area contributed by atoms with Crippen molar-refractivity contribution < 1.29 is 33.8 Å². The second kappa shape index (κ2) is 16.9. The SMILES string of the molecule is C=CC[C@H](CC(=O)N[C@@H](C)CO)C(=O)N[C@@H](C)COC(=O)[C@@H](CC=C)NC(=O)OCc1ccccc1. The molecule has 198 valence electrons. The van der Waals surface area contributed by atoms with Crippen LogP contribution < -0.4 is 16.0 Å². The number of amides is 3. The Morgan fingerprint density at radius 3 is 2.22 bits per heavy atom. The topological polar surface area (TPSA) is 143 Å². The lowest BCUT2D eigenvalue weighted by molar-refractivity contribution is -0.147. The standard InChI is InChI=1S/C26H37N3O7/c1-5-10-21(14-23(31)27-18(3)15-30)24(32)28-19(4)16-35-25(33)22(11-6-2)29-26(34)36-17-20-12-8-7-9-13-20/h5-9,12-13,18-19,21-22,30H,1-2,10-11,14-17H2,3-4H3,(H,27,31)(H,28,32)(H,29,34)/t18-,19-,21+,22+/m0/s1. The zero-order valence-corrected chi connectivity index (χ0v) is 20.9. The summed E-state index contributed by atoms with van der Waals surface area (Å²) in [7, 11) is 0. The third-order valence-corrected chi connectivity index (χ3v) is 4.99. The quantitative estimate of drug-likeness (QED) is 0.200. The van der Waals surface area contributed by atoms with E-state index in [-0.39, 0.29) is 45.0 Å². The molecule has 0 radical (unpaired) electrons. The van der Waals surface area contributed by atoms with Crippen LogP contribution in [-0.4, -0.2) is 60.3 Å². The second-order valence-electron chi connectivity index (χ2n) is 8.40. The van der Waals surface area contributed by atoms with E-state index in [2.05, 4.69) is 29.1 Å². The number of carbonyl (C=O) groups is 4. The van der Waals surface area contributed by atoms with Crippen molar-refractivity contribution in [1.82, 2.24) is 16.0 Å². The van der Waals surface area contributed by atoms with Crippen LogP contribution in [0.15, 0.2) is 55.6 Å². The van der Waals surface area contributed by atoms with Crippen LogP contribution in [0.1, 0.15) is 38.7 Å². The number of ether oxygens (including phenoxy) is 2. The largest absolute Gasteiger partial charge is 0.462 e. The van der Waals surface area contributed by atoms with E-state index in [1.54, 1.807) is 32.1 Å². The van der Waals surface area contributed by atoms with E-state index in [1.807, 2.05) is 18.2 Å². The van der Waals surface area contributed by atoms with E-state index in [1.165, 1.54) is 6.08 Å². The van der Waals surface area contributed by atoms with Gasteiger partial charge in [0.2, 0.25) is 11.8 Å². The summed E-state index contributed by atoms with van der Waals surface area (Å²) in [6.07, 6.45) is 2.56. The molecule has 0 heterocycles. The van der Waals surface area contributed by atoms with Crippen molar-refractivity contribution in [3.05, 3.63) is 61.2 Å². The molecule has 3 amide bonds. The van der Waals surface area contributed by atoms with Crippen LogP contribution in [0, 0.1) is 5.92 Å². The predicted molar refractivity (Wildman–Crippen MR) is 135 cm³/mol. The van der Waals surface area contributed by atoms with Gasteiger partial charge in [-0.1, -0.05) is 42.5 Å². The molecule has 4 atom stereocenters. The van der Waals surface area contributed by atoms with Gasteiger partial charge in [-0.25, -0.2) is 9.59 Å². The highest BCUT2D eigenvalue weighted by molar-refractivity contribution is 5.86. The highest BCUT2D eigenvalue weighted by atomic mass is 16.6. The van der Waals surface area contributed by atoms with E-state index < -0.39 is 42.0 Å². The molecule has 0 fully saturated rings. The summed E-state index contributed by atoms with van der Waals surface area (Å²) in [4.78, 5) is 49.4. The zero-order valence-electron chi connectivity index (χ0n) is 20.9. The summed E-state index contributed by atoms with van der Waals surface area (Å²) >= 11 is 0. The van der Waals surface area contributed by atoms with Crippen molar-refractivity contribution in [2.45, 2.75) is 57.8 Å². The average molecular weight is 504 g/mol. The molecular formula is C26H37N3O7. The van der Waals surface area contributed by atoms with Gasteiger partial charge in [0, 0.05) is 12.5 Å². The number of allylic oxidation sites excluding steroid dienone is 1. The highest BCUT2D eigenvalue weighted by Gasteiger charge is 2.25. The molecule has 0 aromatic heterocycles. The van der Waals surface area contributed by atoms with Gasteiger partial charge in [-0.05, 0) is 32.3 Å². The number of carbonyl (C=O) groups excluding carboxylic acids is 4. The number of esters is 1. The number of nitrogens with one attached hydrogen (secondary N) is 3. The van der Waals surface area contributed by atoms with E-state index in [9.17, 15) is 19.2 Å². The molecule has 1 aromatic rings. The van der Waals surface area contributed by atoms with Crippen LogP contribution in [0.4, 0.5) is 4.79 Å². The lowest BCUT2D eigenvalue weighted by atomic mass is 9.99. The molecule has 4 N–H and O–H groups in total. The number of aliphatic hydroxyl groups is 1. The lowest BCUT2D eigenvalue weighted by Gasteiger charge is -2.21. The van der Waals surface area contributed by atoms with Crippen molar-refractivity contribution in [3.8, 4) is 0 Å². The Labute approximate surface area is 212 Å². The van der Waals surface area contributed by atoms with Crippen LogP contribution in [0.3, 0.4) is 0 Å². The molecule has 10 nitrogen and oxygen atoms in total. The van der Waals surface area contributed by atoms with E-state index in [4.69, 9.17) is 14.6 Å². The number of alkyl carbamates (subject to hydrolysis) is 1. The molecule has 10 heteroatoms. The van der Waals surface area contributed by atoms with Crippen molar-refractivity contribution in [1.29, 1.82) is 0 Å². The van der Waals surface area contributed by atoms with Gasteiger partial charge < -0.3 is 30.5 Å². The number of hydrogen-bond acceptors (Lipinski definition) is 7. The van der Waals surface area contributed by atoms with E-state index in [0.717, 1.165) is 5.56 Å². The number of rotatable bonds is 16. The number of hydrogen-bond donors (Lipinski definition) is 4. The Morgan fingerprint density at radius 1 is 0.944 bits per heavy atom. The zero-order chi connectivity index (χ0) is 26.9. The normalized spacial score (nSPS) is 13.8. The highest BCUT2D eigenvalue weighted by Crippen LogP contribution is 2.11. The van der Waals surface area contributed by atoms with Gasteiger partial charge in [-0.15, -0.1) is 13.2 Å².